The van der Waals surface area contributed by atoms with Crippen LogP contribution >= 0.6 is 0 Å². The Morgan fingerprint density at radius 3 is 2.63 bits per heavy atom. The SMILES string of the molecule is CCOc1cc(C)nc(N2CCN(C(=O)O)CC2)c1. The van der Waals surface area contributed by atoms with Crippen LogP contribution in [0.4, 0.5) is 10.6 Å². The van der Waals surface area contributed by atoms with E-state index in [2.05, 4.69) is 9.88 Å². The van der Waals surface area contributed by atoms with Crippen molar-refractivity contribution in [3.05, 3.63) is 17.8 Å². The molecular formula is C13H19N3O3. The van der Waals surface area contributed by atoms with Crippen molar-refractivity contribution in [2.45, 2.75) is 13.8 Å². The third-order valence-electron chi connectivity index (χ3n) is 3.10. The zero-order valence-electron chi connectivity index (χ0n) is 11.3. The Morgan fingerprint density at radius 1 is 1.37 bits per heavy atom. The lowest BCUT2D eigenvalue weighted by molar-refractivity contribution is 0.142. The quantitative estimate of drug-likeness (QED) is 0.899. The van der Waals surface area contributed by atoms with E-state index in [1.54, 1.807) is 0 Å². The van der Waals surface area contributed by atoms with E-state index in [-0.39, 0.29) is 0 Å². The second-order valence-corrected chi connectivity index (χ2v) is 4.49. The smallest absolute Gasteiger partial charge is 0.407 e. The predicted octanol–water partition coefficient (Wildman–Crippen LogP) is 1.59. The van der Waals surface area contributed by atoms with Crippen LogP contribution in [0.3, 0.4) is 0 Å². The molecule has 0 aliphatic carbocycles. The van der Waals surface area contributed by atoms with Gasteiger partial charge in [-0.1, -0.05) is 0 Å². The van der Waals surface area contributed by atoms with Crippen molar-refractivity contribution in [3.8, 4) is 5.75 Å². The van der Waals surface area contributed by atoms with Crippen molar-refractivity contribution >= 4 is 11.9 Å². The van der Waals surface area contributed by atoms with E-state index in [0.717, 1.165) is 17.3 Å². The summed E-state index contributed by atoms with van der Waals surface area (Å²) in [7, 11) is 0. The number of aromatic nitrogens is 1. The van der Waals surface area contributed by atoms with Crippen LogP contribution in [0, 0.1) is 6.92 Å². The first kappa shape index (κ1) is 13.5. The maximum Gasteiger partial charge on any atom is 0.407 e. The molecule has 0 bridgehead atoms. The topological polar surface area (TPSA) is 65.9 Å². The number of aryl methyl sites for hydroxylation is 1. The Kier molecular flexibility index (Phi) is 4.09. The Hall–Kier alpha value is -1.98. The largest absolute Gasteiger partial charge is 0.494 e. The summed E-state index contributed by atoms with van der Waals surface area (Å²) >= 11 is 0. The molecule has 1 amide bonds. The number of carbonyl (C=O) groups is 1. The summed E-state index contributed by atoms with van der Waals surface area (Å²) in [4.78, 5) is 18.9. The summed E-state index contributed by atoms with van der Waals surface area (Å²) in [6, 6.07) is 3.81. The van der Waals surface area contributed by atoms with Gasteiger partial charge < -0.3 is 19.6 Å². The normalized spacial score (nSPS) is 15.5. The highest BCUT2D eigenvalue weighted by atomic mass is 16.5. The van der Waals surface area contributed by atoms with Crippen molar-refractivity contribution in [2.24, 2.45) is 0 Å². The lowest BCUT2D eigenvalue weighted by Gasteiger charge is -2.34. The minimum Gasteiger partial charge on any atom is -0.494 e. The van der Waals surface area contributed by atoms with E-state index in [0.29, 0.717) is 32.8 Å². The Bertz CT molecular complexity index is 456. The number of ether oxygens (including phenoxy) is 1. The summed E-state index contributed by atoms with van der Waals surface area (Å²) in [6.45, 7) is 6.84. The second-order valence-electron chi connectivity index (χ2n) is 4.49. The Balaban J connectivity index is 2.08. The molecule has 0 radical (unpaired) electrons. The van der Waals surface area contributed by atoms with Crippen LogP contribution in [0.25, 0.3) is 0 Å². The van der Waals surface area contributed by atoms with Gasteiger partial charge in [0.05, 0.1) is 6.61 Å². The minimum absolute atomic E-state index is 0.509. The fourth-order valence-electron chi connectivity index (χ4n) is 2.16. The molecule has 1 aliphatic rings. The highest BCUT2D eigenvalue weighted by Gasteiger charge is 2.21. The molecule has 0 unspecified atom stereocenters. The van der Waals surface area contributed by atoms with Crippen molar-refractivity contribution in [1.29, 1.82) is 0 Å². The Morgan fingerprint density at radius 2 is 2.05 bits per heavy atom. The molecule has 6 heteroatoms. The van der Waals surface area contributed by atoms with Crippen LogP contribution in [0.1, 0.15) is 12.6 Å². The third-order valence-corrected chi connectivity index (χ3v) is 3.10. The van der Waals surface area contributed by atoms with Gasteiger partial charge in [0.25, 0.3) is 0 Å². The van der Waals surface area contributed by atoms with Crippen LogP contribution in [-0.4, -0.2) is 53.9 Å². The molecule has 1 N–H and O–H groups in total. The number of hydrogen-bond donors (Lipinski definition) is 1. The van der Waals surface area contributed by atoms with E-state index >= 15 is 0 Å². The first-order valence-electron chi connectivity index (χ1n) is 6.44. The van der Waals surface area contributed by atoms with Crippen LogP contribution in [0.15, 0.2) is 12.1 Å². The number of piperazine rings is 1. The van der Waals surface area contributed by atoms with Crippen molar-refractivity contribution in [3.63, 3.8) is 0 Å². The maximum absolute atomic E-state index is 10.9. The zero-order chi connectivity index (χ0) is 13.8. The first-order valence-corrected chi connectivity index (χ1v) is 6.44. The first-order chi connectivity index (χ1) is 9.10. The number of rotatable bonds is 3. The number of amides is 1. The molecule has 2 heterocycles. The van der Waals surface area contributed by atoms with Gasteiger partial charge in [-0.25, -0.2) is 9.78 Å². The van der Waals surface area contributed by atoms with Crippen molar-refractivity contribution in [2.75, 3.05) is 37.7 Å². The third kappa shape index (κ3) is 3.27. The number of anilines is 1. The molecule has 0 spiro atoms. The predicted molar refractivity (Wildman–Crippen MR) is 72.0 cm³/mol. The van der Waals surface area contributed by atoms with Crippen LogP contribution in [-0.2, 0) is 0 Å². The van der Waals surface area contributed by atoms with Gasteiger partial charge in [-0.2, -0.15) is 0 Å². The summed E-state index contributed by atoms with van der Waals surface area (Å²) in [5, 5.41) is 8.93. The van der Waals surface area contributed by atoms with Gasteiger partial charge in [0.1, 0.15) is 11.6 Å². The Labute approximate surface area is 112 Å². The average Bonchev–Trinajstić information content (AvgIpc) is 2.38. The molecule has 0 saturated carbocycles. The molecule has 1 aliphatic heterocycles. The number of hydrogen-bond acceptors (Lipinski definition) is 4. The summed E-state index contributed by atoms with van der Waals surface area (Å²) in [6.07, 6.45) is -0.855. The van der Waals surface area contributed by atoms with Crippen LogP contribution < -0.4 is 9.64 Å². The average molecular weight is 265 g/mol. The van der Waals surface area contributed by atoms with Gasteiger partial charge in [-0.15, -0.1) is 0 Å². The standard InChI is InChI=1S/C13H19N3O3/c1-3-19-11-8-10(2)14-12(9-11)15-4-6-16(7-5-15)13(17)18/h8-9H,3-7H2,1-2H3,(H,17,18). The van der Waals surface area contributed by atoms with Gasteiger partial charge in [-0.05, 0) is 13.8 Å². The molecule has 6 nitrogen and oxygen atoms in total. The highest BCUT2D eigenvalue weighted by Crippen LogP contribution is 2.21. The molecular weight excluding hydrogens is 246 g/mol. The second kappa shape index (κ2) is 5.77. The minimum atomic E-state index is -0.855. The molecule has 1 aromatic heterocycles. The summed E-state index contributed by atoms with van der Waals surface area (Å²) in [5.41, 5.74) is 0.904. The molecule has 1 saturated heterocycles. The van der Waals surface area contributed by atoms with Crippen molar-refractivity contribution < 1.29 is 14.6 Å². The van der Waals surface area contributed by atoms with Gasteiger partial charge in [-0.3, -0.25) is 0 Å². The number of nitrogens with zero attached hydrogens (tertiary/aromatic N) is 3. The van der Waals surface area contributed by atoms with Crippen molar-refractivity contribution in [1.82, 2.24) is 9.88 Å². The fraction of sp³-hybridized carbons (Fsp3) is 0.538. The molecule has 0 aromatic carbocycles. The van der Waals surface area contributed by atoms with Crippen LogP contribution in [0.2, 0.25) is 0 Å². The fourth-order valence-corrected chi connectivity index (χ4v) is 2.16. The highest BCUT2D eigenvalue weighted by molar-refractivity contribution is 5.65. The number of pyridine rings is 1. The van der Waals surface area contributed by atoms with Crippen LogP contribution in [0.5, 0.6) is 5.75 Å². The zero-order valence-corrected chi connectivity index (χ0v) is 11.3. The van der Waals surface area contributed by atoms with E-state index < -0.39 is 6.09 Å². The molecule has 19 heavy (non-hydrogen) atoms. The molecule has 0 atom stereocenters. The van der Waals surface area contributed by atoms with E-state index in [4.69, 9.17) is 9.84 Å². The van der Waals surface area contributed by atoms with E-state index in [9.17, 15) is 4.79 Å². The van der Waals surface area contributed by atoms with Gasteiger partial charge in [0, 0.05) is 44.0 Å². The van der Waals surface area contributed by atoms with Gasteiger partial charge >= 0.3 is 6.09 Å². The van der Waals surface area contributed by atoms with E-state index in [1.165, 1.54) is 4.90 Å². The van der Waals surface area contributed by atoms with Gasteiger partial charge in [0.2, 0.25) is 0 Å². The lowest BCUT2D eigenvalue weighted by atomic mass is 10.3. The monoisotopic (exact) mass is 265 g/mol. The number of carboxylic acid groups (broad SMARTS) is 1. The summed E-state index contributed by atoms with van der Waals surface area (Å²) < 4.78 is 5.51. The van der Waals surface area contributed by atoms with Gasteiger partial charge in [0.15, 0.2) is 0 Å². The lowest BCUT2D eigenvalue weighted by Crippen LogP contribution is -2.48. The molecule has 2 rings (SSSR count). The molecule has 104 valence electrons. The maximum atomic E-state index is 10.9. The molecule has 1 aromatic rings. The summed E-state index contributed by atoms with van der Waals surface area (Å²) in [5.74, 6) is 1.67. The van der Waals surface area contributed by atoms with E-state index in [1.807, 2.05) is 26.0 Å². The molecule has 1 fully saturated rings.